The minimum atomic E-state index is 0.211. The molecule has 2 heterocycles. The molecule has 0 atom stereocenters. The van der Waals surface area contributed by atoms with Gasteiger partial charge in [-0.3, -0.25) is 4.79 Å². The van der Waals surface area contributed by atoms with Crippen LogP contribution in [0.1, 0.15) is 23.6 Å². The molecule has 0 saturated heterocycles. The quantitative estimate of drug-likeness (QED) is 0.775. The first-order valence-electron chi connectivity index (χ1n) is 5.31. The highest BCUT2D eigenvalue weighted by Crippen LogP contribution is 2.41. The third kappa shape index (κ3) is 2.69. The van der Waals surface area contributed by atoms with Gasteiger partial charge in [0.05, 0.1) is 3.79 Å². The topological polar surface area (TPSA) is 17.1 Å². The van der Waals surface area contributed by atoms with Gasteiger partial charge in [0.25, 0.3) is 0 Å². The van der Waals surface area contributed by atoms with Gasteiger partial charge in [-0.2, -0.15) is 0 Å². The molecule has 0 bridgehead atoms. The van der Waals surface area contributed by atoms with E-state index >= 15 is 0 Å². The predicted molar refractivity (Wildman–Crippen MR) is 79.2 cm³/mol. The van der Waals surface area contributed by atoms with Crippen molar-refractivity contribution < 1.29 is 4.79 Å². The molecule has 4 heteroatoms. The van der Waals surface area contributed by atoms with Gasteiger partial charge in [-0.1, -0.05) is 0 Å². The van der Waals surface area contributed by atoms with E-state index in [9.17, 15) is 4.79 Å². The van der Waals surface area contributed by atoms with Crippen LogP contribution < -0.4 is 0 Å². The van der Waals surface area contributed by atoms with Gasteiger partial charge >= 0.3 is 0 Å². The number of Topliss-reactive ketones (excluding diaryl/α,β-unsaturated/α-hetero) is 1. The molecule has 2 rings (SSSR count). The number of aryl methyl sites for hydroxylation is 1. The molecule has 90 valence electrons. The van der Waals surface area contributed by atoms with Gasteiger partial charge in [0.1, 0.15) is 5.78 Å². The van der Waals surface area contributed by atoms with Gasteiger partial charge in [-0.15, -0.1) is 22.7 Å². The van der Waals surface area contributed by atoms with Gasteiger partial charge in [-0.05, 0) is 64.8 Å². The average Bonchev–Trinajstić information content (AvgIpc) is 2.72. The number of halogens is 1. The minimum Gasteiger partial charge on any atom is -0.300 e. The van der Waals surface area contributed by atoms with Crippen molar-refractivity contribution in [2.24, 2.45) is 0 Å². The van der Waals surface area contributed by atoms with Crippen molar-refractivity contribution in [3.63, 3.8) is 0 Å². The molecule has 0 spiro atoms. The van der Waals surface area contributed by atoms with Crippen LogP contribution in [0.3, 0.4) is 0 Å². The summed E-state index contributed by atoms with van der Waals surface area (Å²) in [6.07, 6.45) is 0.522. The van der Waals surface area contributed by atoms with Gasteiger partial charge < -0.3 is 0 Å². The zero-order valence-corrected chi connectivity index (χ0v) is 13.2. The van der Waals surface area contributed by atoms with Crippen molar-refractivity contribution in [2.45, 2.75) is 27.2 Å². The van der Waals surface area contributed by atoms with Crippen molar-refractivity contribution >= 4 is 44.4 Å². The van der Waals surface area contributed by atoms with Crippen LogP contribution in [0, 0.1) is 13.8 Å². The van der Waals surface area contributed by atoms with E-state index in [1.807, 2.05) is 0 Å². The Balaban J connectivity index is 2.51. The Labute approximate surface area is 118 Å². The lowest BCUT2D eigenvalue weighted by atomic mass is 10.1. The lowest BCUT2D eigenvalue weighted by Gasteiger charge is -2.01. The molecule has 0 unspecified atom stereocenters. The molecular formula is C13H13BrOS2. The Morgan fingerprint density at radius 3 is 2.59 bits per heavy atom. The molecule has 0 N–H and O–H groups in total. The van der Waals surface area contributed by atoms with E-state index in [0.29, 0.717) is 6.42 Å². The lowest BCUT2D eigenvalue weighted by Crippen LogP contribution is -1.95. The SMILES string of the molecule is CC(=O)Cc1cc(Br)sc1-c1scc(C)c1C. The van der Waals surface area contributed by atoms with Crippen molar-refractivity contribution in [1.29, 1.82) is 0 Å². The maximum atomic E-state index is 11.3. The zero-order valence-electron chi connectivity index (χ0n) is 9.96. The summed E-state index contributed by atoms with van der Waals surface area (Å²) in [5, 5.41) is 2.18. The molecular weight excluding hydrogens is 316 g/mol. The molecule has 0 amide bonds. The molecule has 2 aromatic heterocycles. The van der Waals surface area contributed by atoms with E-state index in [-0.39, 0.29) is 5.78 Å². The summed E-state index contributed by atoms with van der Waals surface area (Å²) >= 11 is 6.99. The second kappa shape index (κ2) is 5.04. The van der Waals surface area contributed by atoms with E-state index in [2.05, 4.69) is 41.2 Å². The predicted octanol–water partition coefficient (Wildman–Crippen LogP) is 4.99. The van der Waals surface area contributed by atoms with Gasteiger partial charge in [-0.25, -0.2) is 0 Å². The van der Waals surface area contributed by atoms with Crippen LogP contribution in [0.15, 0.2) is 15.2 Å². The molecule has 0 fully saturated rings. The summed E-state index contributed by atoms with van der Waals surface area (Å²) in [7, 11) is 0. The van der Waals surface area contributed by atoms with E-state index in [4.69, 9.17) is 0 Å². The summed E-state index contributed by atoms with van der Waals surface area (Å²) in [5.74, 6) is 0.211. The Bertz CT molecular complexity index is 566. The number of hydrogen-bond donors (Lipinski definition) is 0. The highest BCUT2D eigenvalue weighted by molar-refractivity contribution is 9.11. The van der Waals surface area contributed by atoms with E-state index < -0.39 is 0 Å². The molecule has 17 heavy (non-hydrogen) atoms. The third-order valence-electron chi connectivity index (χ3n) is 2.71. The van der Waals surface area contributed by atoms with Crippen LogP contribution >= 0.6 is 38.6 Å². The van der Waals surface area contributed by atoms with Crippen LogP contribution in [0.25, 0.3) is 9.75 Å². The van der Waals surface area contributed by atoms with Crippen LogP contribution in [0.5, 0.6) is 0 Å². The summed E-state index contributed by atoms with van der Waals surface area (Å²) < 4.78 is 1.09. The molecule has 0 aromatic carbocycles. The smallest absolute Gasteiger partial charge is 0.134 e. The second-order valence-corrected chi connectivity index (χ2v) is 7.47. The Hall–Kier alpha value is -0.450. The van der Waals surface area contributed by atoms with Crippen LogP contribution in [0.4, 0.5) is 0 Å². The molecule has 0 aliphatic carbocycles. The first-order chi connectivity index (χ1) is 7.99. The first-order valence-corrected chi connectivity index (χ1v) is 7.80. The summed E-state index contributed by atoms with van der Waals surface area (Å²) in [5.41, 5.74) is 3.79. The number of hydrogen-bond acceptors (Lipinski definition) is 3. The Kier molecular flexibility index (Phi) is 3.85. The van der Waals surface area contributed by atoms with Crippen molar-refractivity contribution in [3.05, 3.63) is 31.9 Å². The monoisotopic (exact) mass is 328 g/mol. The number of carbonyl (C=O) groups excluding carboxylic acids is 1. The summed E-state index contributed by atoms with van der Waals surface area (Å²) in [6, 6.07) is 2.07. The van der Waals surface area contributed by atoms with Crippen LogP contribution in [-0.4, -0.2) is 5.78 Å². The first kappa shape index (κ1) is 13.0. The number of carbonyl (C=O) groups is 1. The zero-order chi connectivity index (χ0) is 12.6. The molecule has 0 radical (unpaired) electrons. The largest absolute Gasteiger partial charge is 0.300 e. The molecule has 1 nitrogen and oxygen atoms in total. The fraction of sp³-hybridized carbons (Fsp3) is 0.308. The molecule has 0 aliphatic rings. The Morgan fingerprint density at radius 1 is 1.35 bits per heavy atom. The highest BCUT2D eigenvalue weighted by Gasteiger charge is 2.15. The van der Waals surface area contributed by atoms with Crippen molar-refractivity contribution in [1.82, 2.24) is 0 Å². The van der Waals surface area contributed by atoms with E-state index in [1.54, 1.807) is 29.6 Å². The van der Waals surface area contributed by atoms with E-state index in [1.165, 1.54) is 20.9 Å². The standard InChI is InChI=1S/C13H13BrOS2/c1-7-6-16-12(9(7)3)13-10(4-8(2)15)5-11(14)17-13/h5-6H,4H2,1-3H3. The summed E-state index contributed by atoms with van der Waals surface area (Å²) in [4.78, 5) is 13.8. The summed E-state index contributed by atoms with van der Waals surface area (Å²) in [6.45, 7) is 5.91. The van der Waals surface area contributed by atoms with E-state index in [0.717, 1.165) is 9.35 Å². The molecule has 0 aliphatic heterocycles. The maximum absolute atomic E-state index is 11.3. The van der Waals surface area contributed by atoms with Gasteiger partial charge in [0.15, 0.2) is 0 Å². The van der Waals surface area contributed by atoms with Crippen LogP contribution in [-0.2, 0) is 11.2 Å². The number of rotatable bonds is 3. The molecule has 0 saturated carbocycles. The lowest BCUT2D eigenvalue weighted by molar-refractivity contribution is -0.116. The maximum Gasteiger partial charge on any atom is 0.134 e. The van der Waals surface area contributed by atoms with Gasteiger partial charge in [0.2, 0.25) is 0 Å². The number of ketones is 1. The third-order valence-corrected chi connectivity index (χ3v) is 5.75. The fourth-order valence-electron chi connectivity index (χ4n) is 1.71. The number of thiophene rings is 2. The highest BCUT2D eigenvalue weighted by atomic mass is 79.9. The normalized spacial score (nSPS) is 10.8. The van der Waals surface area contributed by atoms with Crippen molar-refractivity contribution in [3.8, 4) is 9.75 Å². The average molecular weight is 329 g/mol. The fourth-order valence-corrected chi connectivity index (χ4v) is 4.70. The van der Waals surface area contributed by atoms with Gasteiger partial charge in [0, 0.05) is 16.2 Å². The second-order valence-electron chi connectivity index (χ2n) is 4.16. The molecule has 2 aromatic rings. The van der Waals surface area contributed by atoms with Crippen molar-refractivity contribution in [2.75, 3.05) is 0 Å². The van der Waals surface area contributed by atoms with Crippen LogP contribution in [0.2, 0.25) is 0 Å². The Morgan fingerprint density at radius 2 is 2.06 bits per heavy atom. The minimum absolute atomic E-state index is 0.211.